The second-order valence-electron chi connectivity index (χ2n) is 5.10. The summed E-state index contributed by atoms with van der Waals surface area (Å²) in [6.45, 7) is 0. The van der Waals surface area contributed by atoms with Crippen LogP contribution in [0.15, 0.2) is 33.5 Å². The highest BCUT2D eigenvalue weighted by atomic mass is 16.8. The minimum Gasteiger partial charge on any atom is -0.463 e. The van der Waals surface area contributed by atoms with Crippen molar-refractivity contribution in [3.63, 3.8) is 0 Å². The minimum absolute atomic E-state index is 0.0720. The van der Waals surface area contributed by atoms with Crippen LogP contribution >= 0.6 is 0 Å². The van der Waals surface area contributed by atoms with Crippen molar-refractivity contribution in [3.05, 3.63) is 40.2 Å². The SMILES string of the molecule is CO[C@H]1CC[C@H]2c3c(c4ccccc4oc3=O)O[C@H]2O1. The molecule has 2 aliphatic heterocycles. The maximum absolute atomic E-state index is 12.2. The van der Waals surface area contributed by atoms with E-state index in [4.69, 9.17) is 18.6 Å². The summed E-state index contributed by atoms with van der Waals surface area (Å²) < 4.78 is 22.2. The molecule has 0 amide bonds. The maximum Gasteiger partial charge on any atom is 0.343 e. The van der Waals surface area contributed by atoms with Crippen LogP contribution in [-0.4, -0.2) is 19.7 Å². The van der Waals surface area contributed by atoms with E-state index < -0.39 is 6.29 Å². The number of benzene rings is 1. The van der Waals surface area contributed by atoms with Crippen LogP contribution in [-0.2, 0) is 9.47 Å². The molecule has 1 aromatic carbocycles. The number of hydrogen-bond donors (Lipinski definition) is 0. The third-order valence-electron chi connectivity index (χ3n) is 3.99. The van der Waals surface area contributed by atoms with Gasteiger partial charge >= 0.3 is 5.63 Å². The molecule has 2 aromatic rings. The molecular weight excluding hydrogens is 260 g/mol. The van der Waals surface area contributed by atoms with Gasteiger partial charge in [-0.15, -0.1) is 0 Å². The smallest absolute Gasteiger partial charge is 0.343 e. The van der Waals surface area contributed by atoms with Crippen LogP contribution in [0.2, 0.25) is 0 Å². The lowest BCUT2D eigenvalue weighted by Crippen LogP contribution is -2.35. The highest BCUT2D eigenvalue weighted by Crippen LogP contribution is 2.46. The van der Waals surface area contributed by atoms with Crippen molar-refractivity contribution in [2.45, 2.75) is 31.3 Å². The van der Waals surface area contributed by atoms with Gasteiger partial charge in [-0.25, -0.2) is 4.79 Å². The molecule has 1 fully saturated rings. The normalized spacial score (nSPS) is 27.9. The van der Waals surface area contributed by atoms with E-state index in [2.05, 4.69) is 0 Å². The zero-order chi connectivity index (χ0) is 13.7. The van der Waals surface area contributed by atoms with E-state index >= 15 is 0 Å². The highest BCUT2D eigenvalue weighted by molar-refractivity contribution is 5.85. The van der Waals surface area contributed by atoms with Crippen molar-refractivity contribution in [2.75, 3.05) is 7.11 Å². The van der Waals surface area contributed by atoms with Crippen molar-refractivity contribution < 1.29 is 18.6 Å². The van der Waals surface area contributed by atoms with Gasteiger partial charge in [0.1, 0.15) is 11.3 Å². The van der Waals surface area contributed by atoms with E-state index in [1.807, 2.05) is 18.2 Å². The van der Waals surface area contributed by atoms with Crippen molar-refractivity contribution >= 4 is 11.0 Å². The number of fused-ring (bicyclic) bond motifs is 5. The van der Waals surface area contributed by atoms with E-state index in [0.717, 1.165) is 18.2 Å². The third kappa shape index (κ3) is 1.60. The summed E-state index contributed by atoms with van der Waals surface area (Å²) in [4.78, 5) is 12.2. The van der Waals surface area contributed by atoms with E-state index in [0.29, 0.717) is 16.9 Å². The highest BCUT2D eigenvalue weighted by Gasteiger charge is 2.43. The van der Waals surface area contributed by atoms with E-state index in [1.54, 1.807) is 13.2 Å². The summed E-state index contributed by atoms with van der Waals surface area (Å²) in [6, 6.07) is 7.38. The molecule has 0 N–H and O–H groups in total. The van der Waals surface area contributed by atoms with Crippen molar-refractivity contribution in [2.24, 2.45) is 0 Å². The maximum atomic E-state index is 12.2. The summed E-state index contributed by atoms with van der Waals surface area (Å²) in [5.74, 6) is 0.529. The Morgan fingerprint density at radius 2 is 2.10 bits per heavy atom. The molecule has 0 aliphatic carbocycles. The number of hydrogen-bond acceptors (Lipinski definition) is 5. The number of para-hydroxylation sites is 1. The molecule has 5 nitrogen and oxygen atoms in total. The van der Waals surface area contributed by atoms with Crippen molar-refractivity contribution in [3.8, 4) is 5.75 Å². The van der Waals surface area contributed by atoms with Crippen LogP contribution in [0.4, 0.5) is 0 Å². The van der Waals surface area contributed by atoms with Crippen molar-refractivity contribution in [1.29, 1.82) is 0 Å². The first kappa shape index (κ1) is 11.9. The Morgan fingerprint density at radius 1 is 1.25 bits per heavy atom. The van der Waals surface area contributed by atoms with Crippen LogP contribution in [0.25, 0.3) is 11.0 Å². The third-order valence-corrected chi connectivity index (χ3v) is 3.99. The first-order valence-electron chi connectivity index (χ1n) is 6.68. The van der Waals surface area contributed by atoms with E-state index in [-0.39, 0.29) is 17.8 Å². The Balaban J connectivity index is 1.86. The number of methoxy groups -OCH3 is 1. The number of rotatable bonds is 1. The van der Waals surface area contributed by atoms with Crippen LogP contribution in [0.1, 0.15) is 24.3 Å². The zero-order valence-electron chi connectivity index (χ0n) is 11.0. The zero-order valence-corrected chi connectivity index (χ0v) is 11.0. The number of ether oxygens (including phenoxy) is 3. The fourth-order valence-corrected chi connectivity index (χ4v) is 3.03. The lowest BCUT2D eigenvalue weighted by molar-refractivity contribution is -0.232. The Hall–Kier alpha value is -1.85. The molecular formula is C15H14O5. The summed E-state index contributed by atoms with van der Waals surface area (Å²) >= 11 is 0. The molecule has 3 atom stereocenters. The Bertz CT molecular complexity index is 720. The quantitative estimate of drug-likeness (QED) is 0.747. The summed E-state index contributed by atoms with van der Waals surface area (Å²) in [7, 11) is 1.61. The molecule has 4 rings (SSSR count). The van der Waals surface area contributed by atoms with Crippen LogP contribution in [0, 0.1) is 0 Å². The van der Waals surface area contributed by atoms with Gasteiger partial charge in [0, 0.05) is 7.11 Å². The lowest BCUT2D eigenvalue weighted by Gasteiger charge is -2.29. The Morgan fingerprint density at radius 3 is 2.95 bits per heavy atom. The summed E-state index contributed by atoms with van der Waals surface area (Å²) in [6.07, 6.45) is 0.799. The van der Waals surface area contributed by atoms with Gasteiger partial charge in [0.05, 0.1) is 16.9 Å². The van der Waals surface area contributed by atoms with Gasteiger partial charge in [-0.2, -0.15) is 0 Å². The van der Waals surface area contributed by atoms with Gasteiger partial charge in [0.25, 0.3) is 0 Å². The predicted octanol–water partition coefficient (Wildman–Crippen LogP) is 2.38. The van der Waals surface area contributed by atoms with Crippen LogP contribution < -0.4 is 10.4 Å². The monoisotopic (exact) mass is 274 g/mol. The second-order valence-corrected chi connectivity index (χ2v) is 5.10. The Labute approximate surface area is 115 Å². The van der Waals surface area contributed by atoms with Gasteiger partial charge in [-0.3, -0.25) is 0 Å². The first-order chi connectivity index (χ1) is 9.78. The lowest BCUT2D eigenvalue weighted by atomic mass is 9.93. The van der Waals surface area contributed by atoms with Gasteiger partial charge in [-0.05, 0) is 25.0 Å². The molecule has 0 spiro atoms. The van der Waals surface area contributed by atoms with Crippen molar-refractivity contribution in [1.82, 2.24) is 0 Å². The van der Waals surface area contributed by atoms with Crippen LogP contribution in [0.5, 0.6) is 5.75 Å². The fraction of sp³-hybridized carbons (Fsp3) is 0.400. The summed E-state index contributed by atoms with van der Waals surface area (Å²) in [5.41, 5.74) is 0.812. The topological polar surface area (TPSA) is 57.9 Å². The first-order valence-corrected chi connectivity index (χ1v) is 6.68. The minimum atomic E-state index is -0.461. The van der Waals surface area contributed by atoms with Crippen LogP contribution in [0.3, 0.4) is 0 Å². The molecule has 20 heavy (non-hydrogen) atoms. The van der Waals surface area contributed by atoms with Gasteiger partial charge in [-0.1, -0.05) is 12.1 Å². The predicted molar refractivity (Wildman–Crippen MR) is 70.8 cm³/mol. The van der Waals surface area contributed by atoms with Gasteiger partial charge in [0.2, 0.25) is 6.29 Å². The average molecular weight is 274 g/mol. The molecule has 0 saturated carbocycles. The summed E-state index contributed by atoms with van der Waals surface area (Å²) in [5, 5.41) is 0.814. The molecule has 2 aliphatic rings. The molecule has 104 valence electrons. The Kier molecular flexibility index (Phi) is 2.58. The molecule has 0 unspecified atom stereocenters. The molecule has 1 aromatic heterocycles. The molecule has 3 heterocycles. The molecule has 0 radical (unpaired) electrons. The van der Waals surface area contributed by atoms with Gasteiger partial charge < -0.3 is 18.6 Å². The van der Waals surface area contributed by atoms with E-state index in [1.165, 1.54) is 0 Å². The molecule has 0 bridgehead atoms. The fourth-order valence-electron chi connectivity index (χ4n) is 3.03. The second kappa shape index (κ2) is 4.33. The van der Waals surface area contributed by atoms with Gasteiger partial charge in [0.15, 0.2) is 6.29 Å². The average Bonchev–Trinajstić information content (AvgIpc) is 2.86. The van der Waals surface area contributed by atoms with E-state index in [9.17, 15) is 4.79 Å². The molecule has 1 saturated heterocycles. The molecule has 5 heteroatoms. The largest absolute Gasteiger partial charge is 0.463 e. The standard InChI is InChI=1S/C15H14O5/c1-17-11-7-6-9-12-13(20-15(9)19-11)8-4-2-3-5-10(8)18-14(12)16/h2-5,9,11,15H,6-7H2,1H3/t9-,11+,15+/m0/s1.